The van der Waals surface area contributed by atoms with Crippen molar-refractivity contribution in [3.05, 3.63) is 108 Å². The third kappa shape index (κ3) is 4.17. The van der Waals surface area contributed by atoms with Gasteiger partial charge in [0.25, 0.3) is 0 Å². The molecular weight excluding hydrogens is 336 g/mol. The summed E-state index contributed by atoms with van der Waals surface area (Å²) in [5, 5.41) is 2.63. The lowest BCUT2D eigenvalue weighted by Crippen LogP contribution is -2.15. The smallest absolute Gasteiger partial charge is 0.0105 e. The molecule has 0 N–H and O–H groups in total. The highest BCUT2D eigenvalue weighted by molar-refractivity contribution is 5.96. The molecule has 0 amide bonds. The van der Waals surface area contributed by atoms with Crippen LogP contribution in [0, 0.1) is 11.8 Å². The predicted molar refractivity (Wildman–Crippen MR) is 122 cm³/mol. The van der Waals surface area contributed by atoms with E-state index in [4.69, 9.17) is 0 Å². The minimum Gasteiger partial charge on any atom is -0.0625 e. The fourth-order valence-electron chi connectivity index (χ4n) is 4.11. The summed E-state index contributed by atoms with van der Waals surface area (Å²) in [6, 6.07) is 35.3. The molecule has 4 rings (SSSR count). The largest absolute Gasteiger partial charge is 0.0625 e. The molecule has 0 aliphatic heterocycles. The van der Waals surface area contributed by atoms with Crippen LogP contribution in [-0.4, -0.2) is 0 Å². The van der Waals surface area contributed by atoms with Gasteiger partial charge in [-0.2, -0.15) is 0 Å². The van der Waals surface area contributed by atoms with E-state index in [1.807, 2.05) is 0 Å². The minimum absolute atomic E-state index is 0.644. The number of hydrogen-bond acceptors (Lipinski definition) is 0. The quantitative estimate of drug-likeness (QED) is 0.331. The van der Waals surface area contributed by atoms with Gasteiger partial charge in [-0.25, -0.2) is 0 Å². The Hall–Kier alpha value is -2.86. The normalized spacial score (nSPS) is 12.4. The van der Waals surface area contributed by atoms with Crippen molar-refractivity contribution in [1.29, 1.82) is 0 Å². The van der Waals surface area contributed by atoms with Gasteiger partial charge in [0.1, 0.15) is 0 Å². The van der Waals surface area contributed by atoms with Gasteiger partial charge >= 0.3 is 0 Å². The zero-order chi connectivity index (χ0) is 19.3. The van der Waals surface area contributed by atoms with Gasteiger partial charge in [-0.15, -0.1) is 0 Å². The molecule has 0 saturated carbocycles. The van der Waals surface area contributed by atoms with Crippen molar-refractivity contribution in [3.63, 3.8) is 0 Å². The molecule has 0 heteroatoms. The maximum atomic E-state index is 2.39. The molecule has 0 aliphatic carbocycles. The van der Waals surface area contributed by atoms with Crippen LogP contribution in [0.1, 0.15) is 25.0 Å². The first-order chi connectivity index (χ1) is 13.7. The van der Waals surface area contributed by atoms with Crippen molar-refractivity contribution in [2.24, 2.45) is 11.8 Å². The monoisotopic (exact) mass is 364 g/mol. The van der Waals surface area contributed by atoms with E-state index in [0.717, 1.165) is 12.8 Å². The third-order valence-corrected chi connectivity index (χ3v) is 5.81. The molecule has 1 unspecified atom stereocenters. The van der Waals surface area contributed by atoms with Gasteiger partial charge < -0.3 is 0 Å². The molecule has 4 aromatic carbocycles. The van der Waals surface area contributed by atoms with Gasteiger partial charge in [0.2, 0.25) is 0 Å². The first-order valence-corrected chi connectivity index (χ1v) is 10.3. The molecule has 0 fully saturated rings. The van der Waals surface area contributed by atoms with E-state index in [-0.39, 0.29) is 0 Å². The van der Waals surface area contributed by atoms with Crippen LogP contribution in [0.25, 0.3) is 21.9 Å². The summed E-state index contributed by atoms with van der Waals surface area (Å²) in [5.41, 5.74) is 5.51. The predicted octanol–water partition coefficient (Wildman–Crippen LogP) is 7.56. The first kappa shape index (κ1) is 18.5. The van der Waals surface area contributed by atoms with E-state index in [0.29, 0.717) is 11.8 Å². The fraction of sp³-hybridized carbons (Fsp3) is 0.214. The van der Waals surface area contributed by atoms with Crippen LogP contribution < -0.4 is 0 Å². The number of hydrogen-bond donors (Lipinski definition) is 0. The Balaban J connectivity index is 1.62. The molecular formula is C28H28. The summed E-state index contributed by atoms with van der Waals surface area (Å²) in [6.07, 6.45) is 2.25. The maximum Gasteiger partial charge on any atom is -0.0105 e. The van der Waals surface area contributed by atoms with Gasteiger partial charge in [0.15, 0.2) is 0 Å². The third-order valence-electron chi connectivity index (χ3n) is 5.81. The van der Waals surface area contributed by atoms with E-state index in [9.17, 15) is 0 Å². The molecule has 28 heavy (non-hydrogen) atoms. The van der Waals surface area contributed by atoms with Crippen molar-refractivity contribution in [2.75, 3.05) is 0 Å². The van der Waals surface area contributed by atoms with E-state index < -0.39 is 0 Å². The van der Waals surface area contributed by atoms with Gasteiger partial charge in [-0.1, -0.05) is 111 Å². The van der Waals surface area contributed by atoms with E-state index in [1.165, 1.54) is 33.0 Å². The second-order valence-corrected chi connectivity index (χ2v) is 8.13. The second kappa shape index (κ2) is 8.44. The molecule has 0 aliphatic rings. The van der Waals surface area contributed by atoms with Crippen LogP contribution in [0.15, 0.2) is 97.1 Å². The van der Waals surface area contributed by atoms with Crippen LogP contribution in [-0.2, 0) is 12.8 Å². The zero-order valence-electron chi connectivity index (χ0n) is 16.8. The van der Waals surface area contributed by atoms with E-state index in [2.05, 4.69) is 111 Å². The maximum absolute atomic E-state index is 2.39. The summed E-state index contributed by atoms with van der Waals surface area (Å²) >= 11 is 0. The fourth-order valence-corrected chi connectivity index (χ4v) is 4.11. The highest BCUT2D eigenvalue weighted by atomic mass is 14.2. The molecule has 0 radical (unpaired) electrons. The summed E-state index contributed by atoms with van der Waals surface area (Å²) in [6.45, 7) is 4.70. The average molecular weight is 365 g/mol. The summed E-state index contributed by atoms with van der Waals surface area (Å²) in [7, 11) is 0. The standard InChI is InChI=1S/C28H28/c1-21(2)26(18-22-10-4-3-5-11-22)20-23-12-8-15-25(19-23)28-17-9-14-24-13-6-7-16-27(24)28/h3-17,19,21,26H,18,20H2,1-2H3. The van der Waals surface area contributed by atoms with E-state index in [1.54, 1.807) is 0 Å². The SMILES string of the molecule is CC(C)C(Cc1ccccc1)Cc1cccc(-c2cccc3ccccc23)c1. The van der Waals surface area contributed by atoms with Crippen molar-refractivity contribution < 1.29 is 0 Å². The Kier molecular flexibility index (Phi) is 5.58. The molecule has 1 atom stereocenters. The summed E-state index contributed by atoms with van der Waals surface area (Å²) < 4.78 is 0. The van der Waals surface area contributed by atoms with Crippen LogP contribution >= 0.6 is 0 Å². The Labute approximate surface area is 168 Å². The second-order valence-electron chi connectivity index (χ2n) is 8.13. The van der Waals surface area contributed by atoms with Gasteiger partial charge in [-0.3, -0.25) is 0 Å². The number of fused-ring (bicyclic) bond motifs is 1. The molecule has 0 bridgehead atoms. The van der Waals surface area contributed by atoms with Crippen molar-refractivity contribution in [3.8, 4) is 11.1 Å². The summed E-state index contributed by atoms with van der Waals surface area (Å²) in [4.78, 5) is 0. The Bertz CT molecular complexity index is 1040. The highest BCUT2D eigenvalue weighted by Crippen LogP contribution is 2.30. The van der Waals surface area contributed by atoms with Crippen LogP contribution in [0.5, 0.6) is 0 Å². The Morgan fingerprint density at radius 2 is 1.25 bits per heavy atom. The van der Waals surface area contributed by atoms with Crippen LogP contribution in [0.2, 0.25) is 0 Å². The lowest BCUT2D eigenvalue weighted by molar-refractivity contribution is 0.380. The Morgan fingerprint density at radius 1 is 0.607 bits per heavy atom. The minimum atomic E-state index is 0.644. The molecule has 0 spiro atoms. The topological polar surface area (TPSA) is 0 Å². The lowest BCUT2D eigenvalue weighted by atomic mass is 9.83. The van der Waals surface area contributed by atoms with Crippen molar-refractivity contribution in [1.82, 2.24) is 0 Å². The van der Waals surface area contributed by atoms with Crippen LogP contribution in [0.3, 0.4) is 0 Å². The van der Waals surface area contributed by atoms with Crippen molar-refractivity contribution >= 4 is 10.8 Å². The highest BCUT2D eigenvalue weighted by Gasteiger charge is 2.15. The number of benzene rings is 4. The number of rotatable bonds is 6. The van der Waals surface area contributed by atoms with E-state index >= 15 is 0 Å². The molecule has 0 nitrogen and oxygen atoms in total. The van der Waals surface area contributed by atoms with Gasteiger partial charge in [0.05, 0.1) is 0 Å². The van der Waals surface area contributed by atoms with Crippen LogP contribution in [0.4, 0.5) is 0 Å². The molecule has 140 valence electrons. The first-order valence-electron chi connectivity index (χ1n) is 10.3. The van der Waals surface area contributed by atoms with Crippen molar-refractivity contribution in [2.45, 2.75) is 26.7 Å². The average Bonchev–Trinajstić information content (AvgIpc) is 2.74. The van der Waals surface area contributed by atoms with Gasteiger partial charge in [-0.05, 0) is 57.7 Å². The lowest BCUT2D eigenvalue weighted by Gasteiger charge is -2.21. The molecule has 4 aromatic rings. The zero-order valence-corrected chi connectivity index (χ0v) is 16.8. The molecule has 0 aromatic heterocycles. The summed E-state index contributed by atoms with van der Waals surface area (Å²) in [5.74, 6) is 1.30. The van der Waals surface area contributed by atoms with Gasteiger partial charge in [0, 0.05) is 0 Å². The molecule has 0 heterocycles. The Morgan fingerprint density at radius 3 is 2.07 bits per heavy atom. The molecule has 0 saturated heterocycles.